The maximum atomic E-state index is 14.3. The summed E-state index contributed by atoms with van der Waals surface area (Å²) in [5.41, 5.74) is 4.02. The second-order valence-electron chi connectivity index (χ2n) is 8.65. The minimum atomic E-state index is -1.21. The summed E-state index contributed by atoms with van der Waals surface area (Å²) in [5, 5.41) is 0. The SMILES string of the molecule is O=C1N(c2ccccc2)c2ccccc2CC12Cc1ccccc1N(c1ccccc1)C2=O. The number of hydrogen-bond acceptors (Lipinski definition) is 2. The number of para-hydroxylation sites is 4. The zero-order valence-electron chi connectivity index (χ0n) is 18.0. The van der Waals surface area contributed by atoms with Crippen molar-refractivity contribution in [1.29, 1.82) is 0 Å². The molecule has 4 aromatic rings. The summed E-state index contributed by atoms with van der Waals surface area (Å²) in [5.74, 6) is -0.347. The van der Waals surface area contributed by atoms with Crippen LogP contribution < -0.4 is 9.80 Å². The van der Waals surface area contributed by atoms with Crippen molar-refractivity contribution in [2.45, 2.75) is 12.8 Å². The largest absolute Gasteiger partial charge is 0.280 e. The van der Waals surface area contributed by atoms with Gasteiger partial charge in [-0.1, -0.05) is 72.8 Å². The van der Waals surface area contributed by atoms with E-state index in [4.69, 9.17) is 0 Å². The molecule has 2 amide bonds. The highest BCUT2D eigenvalue weighted by Crippen LogP contribution is 2.49. The second-order valence-corrected chi connectivity index (χ2v) is 8.65. The first kappa shape index (κ1) is 19.5. The van der Waals surface area contributed by atoms with Crippen LogP contribution >= 0.6 is 0 Å². The highest BCUT2D eigenvalue weighted by molar-refractivity contribution is 6.23. The molecule has 2 aliphatic rings. The highest BCUT2D eigenvalue weighted by Gasteiger charge is 2.56. The lowest BCUT2D eigenvalue weighted by atomic mass is 9.69. The Morgan fingerprint density at radius 1 is 0.485 bits per heavy atom. The molecular formula is C29H22N2O2. The van der Waals surface area contributed by atoms with Gasteiger partial charge in [0.2, 0.25) is 11.8 Å². The first-order valence-electron chi connectivity index (χ1n) is 11.1. The van der Waals surface area contributed by atoms with Crippen LogP contribution in [0, 0.1) is 5.41 Å². The molecule has 160 valence electrons. The molecule has 0 saturated heterocycles. The van der Waals surface area contributed by atoms with Crippen molar-refractivity contribution < 1.29 is 9.59 Å². The summed E-state index contributed by atoms with van der Waals surface area (Å²) < 4.78 is 0. The molecule has 2 aliphatic heterocycles. The Hall–Kier alpha value is -4.18. The maximum Gasteiger partial charge on any atom is 0.247 e. The van der Waals surface area contributed by atoms with E-state index in [9.17, 15) is 9.59 Å². The first-order valence-corrected chi connectivity index (χ1v) is 11.1. The molecule has 4 heteroatoms. The molecule has 0 fully saturated rings. The molecule has 0 unspecified atom stereocenters. The van der Waals surface area contributed by atoms with Gasteiger partial charge in [-0.05, 0) is 60.4 Å². The van der Waals surface area contributed by atoms with Crippen LogP contribution in [0.5, 0.6) is 0 Å². The van der Waals surface area contributed by atoms with Crippen molar-refractivity contribution in [3.8, 4) is 0 Å². The van der Waals surface area contributed by atoms with Crippen molar-refractivity contribution in [1.82, 2.24) is 0 Å². The van der Waals surface area contributed by atoms with Crippen molar-refractivity contribution in [3.05, 3.63) is 120 Å². The predicted molar refractivity (Wildman–Crippen MR) is 130 cm³/mol. The van der Waals surface area contributed by atoms with Crippen LogP contribution in [0.3, 0.4) is 0 Å². The molecule has 6 rings (SSSR count). The summed E-state index contributed by atoms with van der Waals surface area (Å²) >= 11 is 0. The topological polar surface area (TPSA) is 40.6 Å². The van der Waals surface area contributed by atoms with E-state index in [1.54, 1.807) is 9.80 Å². The average molecular weight is 431 g/mol. The van der Waals surface area contributed by atoms with Gasteiger partial charge in [-0.15, -0.1) is 0 Å². The number of amides is 2. The molecule has 0 aliphatic carbocycles. The number of nitrogens with zero attached hydrogens (tertiary/aromatic N) is 2. The first-order chi connectivity index (χ1) is 16.2. The van der Waals surface area contributed by atoms with E-state index in [0.717, 1.165) is 33.9 Å². The fourth-order valence-corrected chi connectivity index (χ4v) is 5.18. The molecule has 1 spiro atoms. The Kier molecular flexibility index (Phi) is 4.40. The second kappa shape index (κ2) is 7.45. The maximum absolute atomic E-state index is 14.3. The molecule has 0 atom stereocenters. The third kappa shape index (κ3) is 2.91. The van der Waals surface area contributed by atoms with Gasteiger partial charge in [0.25, 0.3) is 0 Å². The Morgan fingerprint density at radius 3 is 1.27 bits per heavy atom. The van der Waals surface area contributed by atoms with Crippen molar-refractivity contribution in [2.24, 2.45) is 5.41 Å². The Bertz CT molecular complexity index is 1260. The van der Waals surface area contributed by atoms with Gasteiger partial charge in [0.15, 0.2) is 0 Å². The standard InChI is InChI=1S/C29H22N2O2/c32-27-29(19-21-11-7-9-17-25(21)30(27)23-13-3-1-4-14-23)20-22-12-8-10-18-26(22)31(28(29)33)24-15-5-2-6-16-24/h1-18H,19-20H2. The molecule has 0 aromatic heterocycles. The van der Waals surface area contributed by atoms with Crippen LogP contribution in [0.15, 0.2) is 109 Å². The van der Waals surface area contributed by atoms with E-state index in [1.807, 2.05) is 109 Å². The Balaban J connectivity index is 1.58. The monoisotopic (exact) mass is 430 g/mol. The van der Waals surface area contributed by atoms with Gasteiger partial charge in [-0.25, -0.2) is 0 Å². The molecule has 0 bridgehead atoms. The summed E-state index contributed by atoms with van der Waals surface area (Å²) in [4.78, 5) is 32.1. The lowest BCUT2D eigenvalue weighted by Crippen LogP contribution is -2.59. The van der Waals surface area contributed by atoms with Crippen LogP contribution in [0.1, 0.15) is 11.1 Å². The van der Waals surface area contributed by atoms with Crippen LogP contribution in [0.2, 0.25) is 0 Å². The number of hydrogen-bond donors (Lipinski definition) is 0. The van der Waals surface area contributed by atoms with E-state index < -0.39 is 5.41 Å². The molecule has 33 heavy (non-hydrogen) atoms. The summed E-state index contributed by atoms with van der Waals surface area (Å²) in [7, 11) is 0. The molecule has 0 N–H and O–H groups in total. The molecule has 4 aromatic carbocycles. The molecular weight excluding hydrogens is 408 g/mol. The van der Waals surface area contributed by atoms with Gasteiger partial charge in [-0.2, -0.15) is 0 Å². The van der Waals surface area contributed by atoms with E-state index in [1.165, 1.54) is 0 Å². The average Bonchev–Trinajstić information content (AvgIpc) is 2.86. The normalized spacial score (nSPS) is 16.5. The van der Waals surface area contributed by atoms with Gasteiger partial charge >= 0.3 is 0 Å². The fourth-order valence-electron chi connectivity index (χ4n) is 5.18. The summed E-state index contributed by atoms with van der Waals surface area (Å²) in [6, 6.07) is 35.0. The predicted octanol–water partition coefficient (Wildman–Crippen LogP) is 5.81. The van der Waals surface area contributed by atoms with E-state index in [0.29, 0.717) is 12.8 Å². The fraction of sp³-hybridized carbons (Fsp3) is 0.103. The zero-order chi connectivity index (χ0) is 22.4. The Morgan fingerprint density at radius 2 is 0.848 bits per heavy atom. The molecule has 0 saturated carbocycles. The lowest BCUT2D eigenvalue weighted by Gasteiger charge is -2.46. The minimum Gasteiger partial charge on any atom is -0.280 e. The smallest absolute Gasteiger partial charge is 0.247 e. The molecule has 4 nitrogen and oxygen atoms in total. The van der Waals surface area contributed by atoms with Crippen LogP contribution in [-0.2, 0) is 22.4 Å². The van der Waals surface area contributed by atoms with Gasteiger partial charge < -0.3 is 0 Å². The third-order valence-electron chi connectivity index (χ3n) is 6.70. The van der Waals surface area contributed by atoms with Crippen LogP contribution in [-0.4, -0.2) is 11.8 Å². The van der Waals surface area contributed by atoms with Gasteiger partial charge in [0, 0.05) is 11.4 Å². The van der Waals surface area contributed by atoms with Gasteiger partial charge in [0.05, 0.1) is 11.4 Å². The summed E-state index contributed by atoms with van der Waals surface area (Å²) in [6.07, 6.45) is 0.754. The number of carbonyl (C=O) groups is 2. The third-order valence-corrected chi connectivity index (χ3v) is 6.70. The quantitative estimate of drug-likeness (QED) is 0.376. The number of rotatable bonds is 2. The van der Waals surface area contributed by atoms with Crippen molar-refractivity contribution >= 4 is 34.6 Å². The van der Waals surface area contributed by atoms with E-state index in [2.05, 4.69) is 0 Å². The lowest BCUT2D eigenvalue weighted by molar-refractivity contribution is -0.140. The molecule has 0 radical (unpaired) electrons. The highest BCUT2D eigenvalue weighted by atomic mass is 16.2. The minimum absolute atomic E-state index is 0.173. The molecule has 2 heterocycles. The number of anilines is 4. The number of carbonyl (C=O) groups excluding carboxylic acids is 2. The van der Waals surface area contributed by atoms with Crippen molar-refractivity contribution in [3.63, 3.8) is 0 Å². The Labute approximate surface area is 192 Å². The van der Waals surface area contributed by atoms with Crippen molar-refractivity contribution in [2.75, 3.05) is 9.80 Å². The van der Waals surface area contributed by atoms with Gasteiger partial charge in [0.1, 0.15) is 5.41 Å². The van der Waals surface area contributed by atoms with Crippen LogP contribution in [0.25, 0.3) is 0 Å². The number of benzene rings is 4. The van der Waals surface area contributed by atoms with E-state index >= 15 is 0 Å². The summed E-state index contributed by atoms with van der Waals surface area (Å²) in [6.45, 7) is 0. The number of fused-ring (bicyclic) bond motifs is 2. The zero-order valence-corrected chi connectivity index (χ0v) is 18.0. The van der Waals surface area contributed by atoms with Gasteiger partial charge in [-0.3, -0.25) is 19.4 Å². The van der Waals surface area contributed by atoms with Crippen LogP contribution in [0.4, 0.5) is 22.7 Å². The van der Waals surface area contributed by atoms with E-state index in [-0.39, 0.29) is 11.8 Å².